The largest absolute Gasteiger partial charge is 0.417 e. The average molecular weight is 345 g/mol. The molecule has 2 aromatic rings. The lowest BCUT2D eigenvalue weighted by atomic mass is 10.0. The molecule has 0 heterocycles. The molecule has 0 aliphatic heterocycles. The van der Waals surface area contributed by atoms with Crippen molar-refractivity contribution >= 4 is 11.5 Å². The van der Waals surface area contributed by atoms with Crippen molar-refractivity contribution in [3.8, 4) is 0 Å². The van der Waals surface area contributed by atoms with Crippen molar-refractivity contribution in [2.75, 3.05) is 0 Å². The van der Waals surface area contributed by atoms with Crippen LogP contribution in [0.5, 0.6) is 0 Å². The van der Waals surface area contributed by atoms with Crippen LogP contribution in [0.25, 0.3) is 5.57 Å². The van der Waals surface area contributed by atoms with E-state index >= 15 is 0 Å². The van der Waals surface area contributed by atoms with Gasteiger partial charge in [0.1, 0.15) is 0 Å². The zero-order valence-corrected chi connectivity index (χ0v) is 13.5. The molecule has 1 aliphatic rings. The van der Waals surface area contributed by atoms with Gasteiger partial charge in [0.2, 0.25) is 5.91 Å². The maximum absolute atomic E-state index is 13.3. The number of halogens is 3. The number of hydrogen-bond donors (Lipinski definition) is 1. The van der Waals surface area contributed by atoms with Crippen LogP contribution in [0.3, 0.4) is 0 Å². The Labute approximate surface area is 144 Å². The Hall–Kier alpha value is -2.56. The second-order valence-corrected chi connectivity index (χ2v) is 6.16. The Bertz CT molecular complexity index is 750. The molecule has 1 unspecified atom stereocenters. The summed E-state index contributed by atoms with van der Waals surface area (Å²) >= 11 is 0. The summed E-state index contributed by atoms with van der Waals surface area (Å²) in [5.41, 5.74) is -0.0407. The van der Waals surface area contributed by atoms with Crippen LogP contribution >= 0.6 is 0 Å². The minimum absolute atomic E-state index is 0.0205. The number of hydrogen-bond acceptors (Lipinski definition) is 1. The summed E-state index contributed by atoms with van der Waals surface area (Å²) in [6, 6.07) is 16.5. The third kappa shape index (κ3) is 4.50. The van der Waals surface area contributed by atoms with E-state index in [4.69, 9.17) is 0 Å². The van der Waals surface area contributed by atoms with E-state index in [9.17, 15) is 18.0 Å². The highest BCUT2D eigenvalue weighted by atomic mass is 19.4. The zero-order valence-electron chi connectivity index (χ0n) is 13.5. The Morgan fingerprint density at radius 1 is 1.00 bits per heavy atom. The molecule has 1 amide bonds. The van der Waals surface area contributed by atoms with E-state index in [1.165, 1.54) is 24.3 Å². The van der Waals surface area contributed by atoms with Crippen molar-refractivity contribution in [3.63, 3.8) is 0 Å². The van der Waals surface area contributed by atoms with Crippen molar-refractivity contribution in [2.24, 2.45) is 5.92 Å². The normalized spacial score (nSPS) is 16.4. The van der Waals surface area contributed by atoms with Crippen molar-refractivity contribution in [3.05, 3.63) is 77.9 Å². The van der Waals surface area contributed by atoms with Crippen LogP contribution in [0, 0.1) is 5.92 Å². The first kappa shape index (κ1) is 17.3. The number of amides is 1. The number of carbonyl (C=O) groups is 1. The number of carbonyl (C=O) groups excluding carboxylic acids is 1. The van der Waals surface area contributed by atoms with Crippen molar-refractivity contribution in [2.45, 2.75) is 25.1 Å². The summed E-state index contributed by atoms with van der Waals surface area (Å²) in [4.78, 5) is 12.3. The van der Waals surface area contributed by atoms with Crippen LogP contribution < -0.4 is 5.32 Å². The molecule has 0 aromatic heterocycles. The van der Waals surface area contributed by atoms with Gasteiger partial charge in [-0.15, -0.1) is 0 Å². The van der Waals surface area contributed by atoms with Gasteiger partial charge in [0.15, 0.2) is 0 Å². The van der Waals surface area contributed by atoms with Gasteiger partial charge >= 0.3 is 6.18 Å². The second-order valence-electron chi connectivity index (χ2n) is 6.16. The first-order valence-corrected chi connectivity index (χ1v) is 8.15. The van der Waals surface area contributed by atoms with Crippen LogP contribution in [0.4, 0.5) is 13.2 Å². The van der Waals surface area contributed by atoms with E-state index in [1.807, 2.05) is 30.3 Å². The van der Waals surface area contributed by atoms with Gasteiger partial charge in [0.25, 0.3) is 0 Å². The molecule has 3 rings (SSSR count). The van der Waals surface area contributed by atoms with E-state index in [1.54, 1.807) is 6.07 Å². The molecule has 2 nitrogen and oxygen atoms in total. The average Bonchev–Trinajstić information content (AvgIpc) is 3.43. The molecule has 0 saturated heterocycles. The summed E-state index contributed by atoms with van der Waals surface area (Å²) in [5.74, 6) is -0.442. The van der Waals surface area contributed by atoms with Crippen LogP contribution in [-0.2, 0) is 4.79 Å². The fourth-order valence-electron chi connectivity index (χ4n) is 2.84. The molecular formula is C20H18F3NO. The molecule has 1 aliphatic carbocycles. The minimum atomic E-state index is -4.60. The Morgan fingerprint density at radius 3 is 2.08 bits per heavy atom. The summed E-state index contributed by atoms with van der Waals surface area (Å²) in [7, 11) is 0. The van der Waals surface area contributed by atoms with Crippen LogP contribution in [-0.4, -0.2) is 12.1 Å². The molecule has 5 heteroatoms. The predicted octanol–water partition coefficient (Wildman–Crippen LogP) is 4.90. The van der Waals surface area contributed by atoms with Gasteiger partial charge in [-0.3, -0.25) is 4.79 Å². The van der Waals surface area contributed by atoms with Crippen LogP contribution in [0.1, 0.15) is 30.0 Å². The van der Waals surface area contributed by atoms with Gasteiger partial charge < -0.3 is 5.32 Å². The second kappa shape index (κ2) is 7.13. The summed E-state index contributed by atoms with van der Waals surface area (Å²) in [5, 5.41) is 2.75. The zero-order chi connectivity index (χ0) is 17.9. The van der Waals surface area contributed by atoms with Gasteiger partial charge in [-0.25, -0.2) is 0 Å². The highest BCUT2D eigenvalue weighted by molar-refractivity contribution is 5.96. The van der Waals surface area contributed by atoms with E-state index in [0.29, 0.717) is 6.08 Å². The smallest absolute Gasteiger partial charge is 0.345 e. The molecule has 0 radical (unpaired) electrons. The monoisotopic (exact) mass is 345 g/mol. The molecule has 0 bridgehead atoms. The summed E-state index contributed by atoms with van der Waals surface area (Å²) in [6.07, 6.45) is -2.00. The van der Waals surface area contributed by atoms with E-state index in [-0.39, 0.29) is 17.5 Å². The van der Waals surface area contributed by atoms with E-state index < -0.39 is 17.7 Å². The lowest BCUT2D eigenvalue weighted by molar-refractivity contribution is -0.117. The number of alkyl halides is 3. The molecule has 2 aromatic carbocycles. The molecule has 1 fully saturated rings. The van der Waals surface area contributed by atoms with Gasteiger partial charge in [0, 0.05) is 6.08 Å². The first-order chi connectivity index (χ1) is 11.9. The highest BCUT2D eigenvalue weighted by Crippen LogP contribution is 2.41. The van der Waals surface area contributed by atoms with Gasteiger partial charge in [-0.1, -0.05) is 60.7 Å². The Balaban J connectivity index is 1.84. The molecule has 1 atom stereocenters. The summed E-state index contributed by atoms with van der Waals surface area (Å²) < 4.78 is 40.0. The maximum atomic E-state index is 13.3. The number of rotatable bonds is 5. The molecule has 0 spiro atoms. The highest BCUT2D eigenvalue weighted by Gasteiger charge is 2.36. The molecule has 25 heavy (non-hydrogen) atoms. The Kier molecular flexibility index (Phi) is 4.93. The van der Waals surface area contributed by atoms with Crippen LogP contribution in [0.2, 0.25) is 0 Å². The number of nitrogens with one attached hydrogen (secondary N) is 1. The fourth-order valence-corrected chi connectivity index (χ4v) is 2.84. The molecular weight excluding hydrogens is 327 g/mol. The maximum Gasteiger partial charge on any atom is 0.417 e. The van der Waals surface area contributed by atoms with E-state index in [2.05, 4.69) is 5.32 Å². The third-order valence-corrected chi connectivity index (χ3v) is 4.22. The lowest BCUT2D eigenvalue weighted by Crippen LogP contribution is -2.29. The minimum Gasteiger partial charge on any atom is -0.345 e. The third-order valence-electron chi connectivity index (χ3n) is 4.22. The standard InChI is InChI=1S/C20H18F3NO/c21-20(22,23)17(14-7-3-1-4-8-14)13-18(25)24-19(16-11-12-16)15-9-5-2-6-10-15/h1-10,13,16,19H,11-12H2,(H,24,25)/b17-13-. The molecule has 1 N–H and O–H groups in total. The van der Waals surface area contributed by atoms with E-state index in [0.717, 1.165) is 18.4 Å². The quantitative estimate of drug-likeness (QED) is 0.767. The predicted molar refractivity (Wildman–Crippen MR) is 90.5 cm³/mol. The number of allylic oxidation sites excluding steroid dienone is 1. The fraction of sp³-hybridized carbons (Fsp3) is 0.250. The first-order valence-electron chi connectivity index (χ1n) is 8.15. The topological polar surface area (TPSA) is 29.1 Å². The SMILES string of the molecule is O=C(/C=C(/c1ccccc1)C(F)(F)F)NC(c1ccccc1)C1CC1. The van der Waals surface area contributed by atoms with Gasteiger partial charge in [0.05, 0.1) is 11.6 Å². The summed E-state index contributed by atoms with van der Waals surface area (Å²) in [6.45, 7) is 0. The molecule has 130 valence electrons. The molecule has 1 saturated carbocycles. The van der Waals surface area contributed by atoms with Crippen molar-refractivity contribution in [1.29, 1.82) is 0 Å². The van der Waals surface area contributed by atoms with Gasteiger partial charge in [-0.2, -0.15) is 13.2 Å². The van der Waals surface area contributed by atoms with Gasteiger partial charge in [-0.05, 0) is 29.9 Å². The van der Waals surface area contributed by atoms with Crippen LogP contribution in [0.15, 0.2) is 66.7 Å². The lowest BCUT2D eigenvalue weighted by Gasteiger charge is -2.19. The Morgan fingerprint density at radius 2 is 1.56 bits per heavy atom. The van der Waals surface area contributed by atoms with Crippen molar-refractivity contribution in [1.82, 2.24) is 5.32 Å². The number of benzene rings is 2. The van der Waals surface area contributed by atoms with Crippen molar-refractivity contribution < 1.29 is 18.0 Å².